The van der Waals surface area contributed by atoms with Gasteiger partial charge in [0.15, 0.2) is 6.04 Å². The van der Waals surface area contributed by atoms with Crippen LogP contribution in [-0.4, -0.2) is 36.7 Å². The molecule has 1 aliphatic heterocycles. The molecule has 0 spiro atoms. The molecule has 1 atom stereocenters. The molecule has 0 radical (unpaired) electrons. The highest BCUT2D eigenvalue weighted by Crippen LogP contribution is 2.34. The Balaban J connectivity index is 1.98. The largest absolute Gasteiger partial charge is 0.446 e. The molecule has 160 valence electrons. The quantitative estimate of drug-likeness (QED) is 0.517. The molecule has 1 aromatic carbocycles. The molecular weight excluding hydrogens is 437 g/mol. The number of rotatable bonds is 3. The highest BCUT2D eigenvalue weighted by atomic mass is 35.5. The molecule has 1 fully saturated rings. The summed E-state index contributed by atoms with van der Waals surface area (Å²) in [7, 11) is 1.14. The van der Waals surface area contributed by atoms with Crippen molar-refractivity contribution in [1.82, 2.24) is 4.98 Å². The van der Waals surface area contributed by atoms with Crippen LogP contribution < -0.4 is 9.80 Å². The Morgan fingerprint density at radius 1 is 1.23 bits per heavy atom. The second kappa shape index (κ2) is 7.71. The van der Waals surface area contributed by atoms with Gasteiger partial charge in [-0.05, 0) is 25.1 Å². The number of halogens is 6. The molecule has 0 bridgehead atoms. The first-order valence-corrected chi connectivity index (χ1v) is 8.72. The van der Waals surface area contributed by atoms with Gasteiger partial charge < -0.3 is 9.64 Å². The molecular formula is C18H13ClF5N3O3. The maximum absolute atomic E-state index is 14.1. The average Bonchev–Trinajstić information content (AvgIpc) is 3.03. The molecule has 2 aromatic rings. The van der Waals surface area contributed by atoms with Crippen LogP contribution >= 0.6 is 11.6 Å². The van der Waals surface area contributed by atoms with Crippen LogP contribution in [0.4, 0.5) is 38.3 Å². The predicted octanol–water partition coefficient (Wildman–Crippen LogP) is 4.33. The number of hydrogen-bond acceptors (Lipinski definition) is 4. The number of aryl methyl sites for hydroxylation is 1. The zero-order chi connectivity index (χ0) is 22.4. The van der Waals surface area contributed by atoms with Crippen molar-refractivity contribution in [3.8, 4) is 0 Å². The first-order valence-electron chi connectivity index (χ1n) is 8.34. The van der Waals surface area contributed by atoms with Gasteiger partial charge in [-0.3, -0.25) is 4.79 Å². The molecule has 0 N–H and O–H groups in total. The molecule has 1 unspecified atom stereocenters. The number of aromatic nitrogens is 1. The van der Waals surface area contributed by atoms with Crippen molar-refractivity contribution < 1.29 is 36.3 Å². The third-order valence-corrected chi connectivity index (χ3v) is 4.64. The minimum absolute atomic E-state index is 0.0459. The Bertz CT molecular complexity index is 1030. The zero-order valence-corrected chi connectivity index (χ0v) is 16.2. The van der Waals surface area contributed by atoms with Crippen molar-refractivity contribution in [3.63, 3.8) is 0 Å². The summed E-state index contributed by atoms with van der Waals surface area (Å²) in [5.41, 5.74) is -1.50. The number of benzene rings is 1. The maximum Gasteiger partial charge on any atom is 0.416 e. The standard InChI is InChI=1S/C18H13ClF5N3O3/c1-8-3-9(18(22,23)24)4-15(25-8)27-14(7-30-17(27)29)16(28)26(2)13-5-10(19)11(20)6-12(13)21/h3-6,14H,7H2,1-2H3. The summed E-state index contributed by atoms with van der Waals surface area (Å²) in [5, 5.41) is -0.447. The molecule has 1 aromatic heterocycles. The number of amides is 2. The van der Waals surface area contributed by atoms with E-state index in [1.807, 2.05) is 0 Å². The number of alkyl halides is 3. The van der Waals surface area contributed by atoms with Crippen LogP contribution in [0, 0.1) is 18.6 Å². The van der Waals surface area contributed by atoms with Gasteiger partial charge in [-0.25, -0.2) is 23.5 Å². The smallest absolute Gasteiger partial charge is 0.416 e. The zero-order valence-electron chi connectivity index (χ0n) is 15.4. The van der Waals surface area contributed by atoms with Crippen LogP contribution in [0.5, 0.6) is 0 Å². The van der Waals surface area contributed by atoms with Crippen LogP contribution in [0.15, 0.2) is 24.3 Å². The van der Waals surface area contributed by atoms with Crippen molar-refractivity contribution in [3.05, 3.63) is 52.2 Å². The summed E-state index contributed by atoms with van der Waals surface area (Å²) >= 11 is 5.63. The van der Waals surface area contributed by atoms with E-state index in [4.69, 9.17) is 16.3 Å². The van der Waals surface area contributed by atoms with E-state index in [0.29, 0.717) is 17.0 Å². The van der Waals surface area contributed by atoms with Crippen molar-refractivity contribution in [1.29, 1.82) is 0 Å². The molecule has 2 heterocycles. The topological polar surface area (TPSA) is 62.7 Å². The number of pyridine rings is 1. The van der Waals surface area contributed by atoms with Gasteiger partial charge in [-0.1, -0.05) is 11.6 Å². The number of anilines is 2. The summed E-state index contributed by atoms with van der Waals surface area (Å²) in [4.78, 5) is 30.4. The molecule has 1 saturated heterocycles. The number of likely N-dealkylation sites (N-methyl/N-ethyl adjacent to an activating group) is 1. The van der Waals surface area contributed by atoms with Gasteiger partial charge in [0.05, 0.1) is 16.3 Å². The van der Waals surface area contributed by atoms with Crippen LogP contribution in [-0.2, 0) is 15.7 Å². The Morgan fingerprint density at radius 2 is 1.90 bits per heavy atom. The van der Waals surface area contributed by atoms with Gasteiger partial charge in [0, 0.05) is 18.8 Å². The van der Waals surface area contributed by atoms with Gasteiger partial charge in [-0.15, -0.1) is 0 Å². The minimum Gasteiger partial charge on any atom is -0.446 e. The van der Waals surface area contributed by atoms with Crippen molar-refractivity contribution >= 4 is 35.1 Å². The molecule has 0 saturated carbocycles. The second-order valence-electron chi connectivity index (χ2n) is 6.43. The number of nitrogens with zero attached hydrogens (tertiary/aromatic N) is 3. The summed E-state index contributed by atoms with van der Waals surface area (Å²) < 4.78 is 71.7. The summed E-state index contributed by atoms with van der Waals surface area (Å²) in [6.45, 7) is 0.786. The van der Waals surface area contributed by atoms with Crippen LogP contribution in [0.1, 0.15) is 11.3 Å². The van der Waals surface area contributed by atoms with Gasteiger partial charge in [0.1, 0.15) is 24.1 Å². The molecule has 2 amide bonds. The number of ether oxygens (including phenoxy) is 1. The van der Waals surface area contributed by atoms with Gasteiger partial charge >= 0.3 is 12.3 Å². The SMILES string of the molecule is Cc1cc(C(F)(F)F)cc(N2C(=O)OCC2C(=O)N(C)c2cc(Cl)c(F)cc2F)n1. The highest BCUT2D eigenvalue weighted by molar-refractivity contribution is 6.31. The number of carbonyl (C=O) groups excluding carboxylic acids is 2. The molecule has 12 heteroatoms. The highest BCUT2D eigenvalue weighted by Gasteiger charge is 2.43. The van der Waals surface area contributed by atoms with Gasteiger partial charge in [0.2, 0.25) is 0 Å². The lowest BCUT2D eigenvalue weighted by Gasteiger charge is -2.26. The molecule has 3 rings (SSSR count). The van der Waals surface area contributed by atoms with Crippen molar-refractivity contribution in [2.45, 2.75) is 19.1 Å². The lowest BCUT2D eigenvalue weighted by molar-refractivity contribution is -0.137. The molecule has 0 aliphatic carbocycles. The Labute approximate surface area is 171 Å². The lowest BCUT2D eigenvalue weighted by atomic mass is 10.1. The van der Waals surface area contributed by atoms with E-state index in [1.165, 1.54) is 6.92 Å². The van der Waals surface area contributed by atoms with E-state index in [1.54, 1.807) is 0 Å². The monoisotopic (exact) mass is 449 g/mol. The van der Waals surface area contributed by atoms with Gasteiger partial charge in [-0.2, -0.15) is 13.2 Å². The predicted molar refractivity (Wildman–Crippen MR) is 96.4 cm³/mol. The van der Waals surface area contributed by atoms with E-state index in [0.717, 1.165) is 24.1 Å². The average molecular weight is 450 g/mol. The first kappa shape index (κ1) is 21.8. The van der Waals surface area contributed by atoms with E-state index >= 15 is 0 Å². The lowest BCUT2D eigenvalue weighted by Crippen LogP contribution is -2.47. The third kappa shape index (κ3) is 4.02. The molecule has 30 heavy (non-hydrogen) atoms. The number of hydrogen-bond donors (Lipinski definition) is 0. The summed E-state index contributed by atoms with van der Waals surface area (Å²) in [5.74, 6) is -3.49. The molecule has 1 aliphatic rings. The second-order valence-corrected chi connectivity index (χ2v) is 6.84. The molecule has 6 nitrogen and oxygen atoms in total. The minimum atomic E-state index is -4.71. The van der Waals surface area contributed by atoms with E-state index < -0.39 is 58.9 Å². The fraction of sp³-hybridized carbons (Fsp3) is 0.278. The van der Waals surface area contributed by atoms with Crippen molar-refractivity contribution in [2.24, 2.45) is 0 Å². The number of cyclic esters (lactones) is 1. The fourth-order valence-electron chi connectivity index (χ4n) is 2.91. The fourth-order valence-corrected chi connectivity index (χ4v) is 3.06. The third-order valence-electron chi connectivity index (χ3n) is 4.35. The Kier molecular flexibility index (Phi) is 5.59. The maximum atomic E-state index is 14.1. The Hall–Kier alpha value is -2.95. The van der Waals surface area contributed by atoms with Gasteiger partial charge in [0.25, 0.3) is 5.91 Å². The van der Waals surface area contributed by atoms with Crippen LogP contribution in [0.2, 0.25) is 5.02 Å². The normalized spacial score (nSPS) is 16.6. The van der Waals surface area contributed by atoms with Crippen LogP contribution in [0.3, 0.4) is 0 Å². The summed E-state index contributed by atoms with van der Waals surface area (Å²) in [6, 6.07) is 1.31. The number of carbonyl (C=O) groups is 2. The van der Waals surface area contributed by atoms with E-state index in [-0.39, 0.29) is 11.4 Å². The first-order chi connectivity index (χ1) is 13.9. The van der Waals surface area contributed by atoms with Crippen molar-refractivity contribution in [2.75, 3.05) is 23.5 Å². The van der Waals surface area contributed by atoms with Crippen LogP contribution in [0.25, 0.3) is 0 Å². The van der Waals surface area contributed by atoms with E-state index in [2.05, 4.69) is 4.98 Å². The Morgan fingerprint density at radius 3 is 2.53 bits per heavy atom. The van der Waals surface area contributed by atoms with E-state index in [9.17, 15) is 31.5 Å². The summed E-state index contributed by atoms with van der Waals surface area (Å²) in [6.07, 6.45) is -5.80.